The SMILES string of the molecule is COc1ccc(-c2nc(N3CC(C)NC(C)C3)n[nH]2)cc1. The van der Waals surface area contributed by atoms with Gasteiger partial charge in [-0.05, 0) is 38.1 Å². The number of hydrogen-bond acceptors (Lipinski definition) is 5. The van der Waals surface area contributed by atoms with Gasteiger partial charge in [-0.1, -0.05) is 0 Å². The summed E-state index contributed by atoms with van der Waals surface area (Å²) in [6.07, 6.45) is 0. The van der Waals surface area contributed by atoms with Crippen LogP contribution in [0.15, 0.2) is 24.3 Å². The molecule has 6 heteroatoms. The van der Waals surface area contributed by atoms with Crippen LogP contribution in [-0.4, -0.2) is 47.5 Å². The van der Waals surface area contributed by atoms with Crippen molar-refractivity contribution in [2.24, 2.45) is 0 Å². The average molecular weight is 287 g/mol. The third-order valence-electron chi connectivity index (χ3n) is 3.68. The fourth-order valence-electron chi connectivity index (χ4n) is 2.76. The van der Waals surface area contributed by atoms with Gasteiger partial charge in [-0.2, -0.15) is 4.98 Å². The summed E-state index contributed by atoms with van der Waals surface area (Å²) < 4.78 is 5.17. The molecule has 0 amide bonds. The largest absolute Gasteiger partial charge is 0.497 e. The summed E-state index contributed by atoms with van der Waals surface area (Å²) >= 11 is 0. The molecular weight excluding hydrogens is 266 g/mol. The Morgan fingerprint density at radius 1 is 1.14 bits per heavy atom. The number of anilines is 1. The van der Waals surface area contributed by atoms with Crippen molar-refractivity contribution in [2.45, 2.75) is 25.9 Å². The lowest BCUT2D eigenvalue weighted by Gasteiger charge is -2.35. The van der Waals surface area contributed by atoms with Gasteiger partial charge in [0, 0.05) is 30.7 Å². The molecule has 2 heterocycles. The minimum atomic E-state index is 0.441. The van der Waals surface area contributed by atoms with E-state index in [1.807, 2.05) is 24.3 Å². The van der Waals surface area contributed by atoms with E-state index in [0.29, 0.717) is 12.1 Å². The average Bonchev–Trinajstić information content (AvgIpc) is 2.96. The minimum Gasteiger partial charge on any atom is -0.497 e. The molecule has 1 fully saturated rings. The first-order valence-corrected chi connectivity index (χ1v) is 7.23. The van der Waals surface area contributed by atoms with Gasteiger partial charge in [-0.25, -0.2) is 0 Å². The van der Waals surface area contributed by atoms with E-state index >= 15 is 0 Å². The molecule has 1 saturated heterocycles. The Hall–Kier alpha value is -2.08. The van der Waals surface area contributed by atoms with E-state index in [1.54, 1.807) is 7.11 Å². The monoisotopic (exact) mass is 287 g/mol. The predicted molar refractivity (Wildman–Crippen MR) is 82.6 cm³/mol. The van der Waals surface area contributed by atoms with Crippen molar-refractivity contribution in [3.05, 3.63) is 24.3 Å². The summed E-state index contributed by atoms with van der Waals surface area (Å²) in [6.45, 7) is 6.20. The maximum absolute atomic E-state index is 5.17. The Morgan fingerprint density at radius 2 is 1.81 bits per heavy atom. The van der Waals surface area contributed by atoms with Crippen LogP contribution in [-0.2, 0) is 0 Å². The van der Waals surface area contributed by atoms with Crippen LogP contribution in [0.3, 0.4) is 0 Å². The number of aromatic amines is 1. The molecule has 0 spiro atoms. The molecule has 2 N–H and O–H groups in total. The van der Waals surface area contributed by atoms with E-state index in [9.17, 15) is 0 Å². The predicted octanol–water partition coefficient (Wildman–Crippen LogP) is 1.67. The maximum Gasteiger partial charge on any atom is 0.245 e. The zero-order valence-electron chi connectivity index (χ0n) is 12.6. The number of ether oxygens (including phenoxy) is 1. The van der Waals surface area contributed by atoms with Crippen LogP contribution in [0, 0.1) is 0 Å². The van der Waals surface area contributed by atoms with E-state index in [1.165, 1.54) is 0 Å². The van der Waals surface area contributed by atoms with Crippen LogP contribution in [0.4, 0.5) is 5.95 Å². The summed E-state index contributed by atoms with van der Waals surface area (Å²) in [6, 6.07) is 8.69. The van der Waals surface area contributed by atoms with Gasteiger partial charge < -0.3 is 15.0 Å². The molecular formula is C15H21N5O. The summed E-state index contributed by atoms with van der Waals surface area (Å²) in [7, 11) is 1.66. The number of benzene rings is 1. The molecule has 112 valence electrons. The van der Waals surface area contributed by atoms with Gasteiger partial charge in [0.05, 0.1) is 7.11 Å². The lowest BCUT2D eigenvalue weighted by atomic mass is 10.1. The van der Waals surface area contributed by atoms with Gasteiger partial charge in [0.2, 0.25) is 5.95 Å². The zero-order chi connectivity index (χ0) is 14.8. The number of H-pyrrole nitrogens is 1. The van der Waals surface area contributed by atoms with Gasteiger partial charge in [-0.15, -0.1) is 5.10 Å². The van der Waals surface area contributed by atoms with E-state index in [4.69, 9.17) is 4.74 Å². The first-order valence-electron chi connectivity index (χ1n) is 7.23. The Balaban J connectivity index is 1.79. The second-order valence-electron chi connectivity index (χ2n) is 5.59. The van der Waals surface area contributed by atoms with Crippen molar-refractivity contribution in [2.75, 3.05) is 25.1 Å². The van der Waals surface area contributed by atoms with Crippen LogP contribution in [0.25, 0.3) is 11.4 Å². The fraction of sp³-hybridized carbons (Fsp3) is 0.467. The second kappa shape index (κ2) is 5.73. The highest BCUT2D eigenvalue weighted by Crippen LogP contribution is 2.21. The van der Waals surface area contributed by atoms with Crippen LogP contribution < -0.4 is 15.0 Å². The molecule has 0 aliphatic carbocycles. The van der Waals surface area contributed by atoms with E-state index in [-0.39, 0.29) is 0 Å². The summed E-state index contributed by atoms with van der Waals surface area (Å²) in [5.41, 5.74) is 1.01. The van der Waals surface area contributed by atoms with Crippen molar-refractivity contribution in [3.63, 3.8) is 0 Å². The van der Waals surface area contributed by atoms with E-state index in [2.05, 4.69) is 39.2 Å². The van der Waals surface area contributed by atoms with Crippen molar-refractivity contribution < 1.29 is 4.74 Å². The highest BCUT2D eigenvalue weighted by atomic mass is 16.5. The molecule has 1 aliphatic rings. The molecule has 6 nitrogen and oxygen atoms in total. The van der Waals surface area contributed by atoms with Crippen molar-refractivity contribution in [3.8, 4) is 17.1 Å². The van der Waals surface area contributed by atoms with Crippen LogP contribution in [0.2, 0.25) is 0 Å². The van der Waals surface area contributed by atoms with Crippen molar-refractivity contribution >= 4 is 5.95 Å². The number of hydrogen-bond donors (Lipinski definition) is 2. The number of rotatable bonds is 3. The first kappa shape index (κ1) is 13.9. The highest BCUT2D eigenvalue weighted by Gasteiger charge is 2.23. The van der Waals surface area contributed by atoms with Crippen LogP contribution >= 0.6 is 0 Å². The molecule has 2 aromatic rings. The van der Waals surface area contributed by atoms with Gasteiger partial charge in [0.15, 0.2) is 5.82 Å². The number of nitrogens with zero attached hydrogens (tertiary/aromatic N) is 3. The maximum atomic E-state index is 5.17. The Kier molecular flexibility index (Phi) is 3.79. The molecule has 0 saturated carbocycles. The molecule has 0 bridgehead atoms. The normalized spacial score (nSPS) is 22.3. The Morgan fingerprint density at radius 3 is 2.43 bits per heavy atom. The quantitative estimate of drug-likeness (QED) is 0.899. The van der Waals surface area contributed by atoms with Gasteiger partial charge in [-0.3, -0.25) is 5.10 Å². The highest BCUT2D eigenvalue weighted by molar-refractivity contribution is 5.57. The molecule has 0 radical (unpaired) electrons. The standard InChI is InChI=1S/C15H21N5O/c1-10-8-20(9-11(2)16-10)15-17-14(18-19-15)12-4-6-13(21-3)7-5-12/h4-7,10-11,16H,8-9H2,1-3H3,(H,17,18,19). The van der Waals surface area contributed by atoms with E-state index in [0.717, 1.165) is 36.2 Å². The molecule has 2 atom stereocenters. The van der Waals surface area contributed by atoms with Gasteiger partial charge >= 0.3 is 0 Å². The Labute approximate surface area is 124 Å². The number of aromatic nitrogens is 3. The van der Waals surface area contributed by atoms with E-state index < -0.39 is 0 Å². The second-order valence-corrected chi connectivity index (χ2v) is 5.59. The molecule has 1 aliphatic heterocycles. The zero-order valence-corrected chi connectivity index (χ0v) is 12.6. The summed E-state index contributed by atoms with van der Waals surface area (Å²) in [5, 5.41) is 10.9. The van der Waals surface area contributed by atoms with Crippen molar-refractivity contribution in [1.29, 1.82) is 0 Å². The summed E-state index contributed by atoms with van der Waals surface area (Å²) in [4.78, 5) is 6.84. The molecule has 1 aromatic heterocycles. The number of nitrogens with one attached hydrogen (secondary N) is 2. The number of piperazine rings is 1. The van der Waals surface area contributed by atoms with Crippen LogP contribution in [0.5, 0.6) is 5.75 Å². The molecule has 21 heavy (non-hydrogen) atoms. The molecule has 3 rings (SSSR count). The van der Waals surface area contributed by atoms with Gasteiger partial charge in [0.25, 0.3) is 0 Å². The number of methoxy groups -OCH3 is 1. The smallest absolute Gasteiger partial charge is 0.245 e. The lowest BCUT2D eigenvalue weighted by Crippen LogP contribution is -2.54. The fourth-order valence-corrected chi connectivity index (χ4v) is 2.76. The van der Waals surface area contributed by atoms with Crippen LogP contribution in [0.1, 0.15) is 13.8 Å². The van der Waals surface area contributed by atoms with Crippen molar-refractivity contribution in [1.82, 2.24) is 20.5 Å². The van der Waals surface area contributed by atoms with Gasteiger partial charge in [0.1, 0.15) is 5.75 Å². The third-order valence-corrected chi connectivity index (χ3v) is 3.68. The Bertz CT molecular complexity index is 584. The summed E-state index contributed by atoms with van der Waals surface area (Å²) in [5.74, 6) is 2.38. The first-order chi connectivity index (χ1) is 10.2. The minimum absolute atomic E-state index is 0.441. The molecule has 1 aromatic carbocycles. The molecule has 2 unspecified atom stereocenters. The third kappa shape index (κ3) is 3.00. The topological polar surface area (TPSA) is 66.1 Å². The lowest BCUT2D eigenvalue weighted by molar-refractivity contribution is 0.403.